The SMILES string of the molecule is Cc1ccc(NC(=O)[C@@H](C)[n+]2cccc(C(N)=O)c2)cc1. The molecule has 0 spiro atoms. The Labute approximate surface area is 123 Å². The molecular weight excluding hydrogens is 266 g/mol. The Morgan fingerprint density at radius 2 is 1.86 bits per heavy atom. The van der Waals surface area contributed by atoms with E-state index < -0.39 is 11.9 Å². The van der Waals surface area contributed by atoms with Gasteiger partial charge in [0.15, 0.2) is 12.4 Å². The number of pyridine rings is 1. The number of rotatable bonds is 4. The van der Waals surface area contributed by atoms with Gasteiger partial charge in [-0.05, 0) is 25.1 Å². The van der Waals surface area contributed by atoms with Crippen LogP contribution in [0.2, 0.25) is 0 Å². The molecule has 2 rings (SSSR count). The van der Waals surface area contributed by atoms with Crippen molar-refractivity contribution in [3.63, 3.8) is 0 Å². The van der Waals surface area contributed by atoms with Gasteiger partial charge in [0.2, 0.25) is 6.04 Å². The summed E-state index contributed by atoms with van der Waals surface area (Å²) in [6.07, 6.45) is 3.30. The monoisotopic (exact) mass is 284 g/mol. The van der Waals surface area contributed by atoms with E-state index >= 15 is 0 Å². The molecule has 108 valence electrons. The summed E-state index contributed by atoms with van der Waals surface area (Å²) in [7, 11) is 0. The number of carbonyl (C=O) groups is 2. The zero-order valence-corrected chi connectivity index (χ0v) is 12.0. The summed E-state index contributed by atoms with van der Waals surface area (Å²) in [5.74, 6) is -0.680. The van der Waals surface area contributed by atoms with Crippen molar-refractivity contribution in [2.45, 2.75) is 19.9 Å². The van der Waals surface area contributed by atoms with Crippen molar-refractivity contribution in [1.29, 1.82) is 0 Å². The van der Waals surface area contributed by atoms with Crippen LogP contribution < -0.4 is 15.6 Å². The summed E-state index contributed by atoms with van der Waals surface area (Å²) in [5.41, 5.74) is 7.48. The van der Waals surface area contributed by atoms with E-state index in [0.29, 0.717) is 5.56 Å². The molecule has 0 saturated heterocycles. The van der Waals surface area contributed by atoms with E-state index in [1.54, 1.807) is 36.0 Å². The second-order valence-corrected chi connectivity index (χ2v) is 4.94. The molecule has 0 radical (unpaired) electrons. The van der Waals surface area contributed by atoms with E-state index in [-0.39, 0.29) is 5.91 Å². The Balaban J connectivity index is 2.13. The van der Waals surface area contributed by atoms with Gasteiger partial charge in [0, 0.05) is 18.7 Å². The van der Waals surface area contributed by atoms with Crippen LogP contribution in [0.4, 0.5) is 5.69 Å². The van der Waals surface area contributed by atoms with Crippen molar-refractivity contribution in [1.82, 2.24) is 0 Å². The summed E-state index contributed by atoms with van der Waals surface area (Å²) in [6.45, 7) is 3.74. The number of aryl methyl sites for hydroxylation is 1. The maximum atomic E-state index is 12.2. The average Bonchev–Trinajstić information content (AvgIpc) is 2.49. The van der Waals surface area contributed by atoms with Gasteiger partial charge in [-0.15, -0.1) is 0 Å². The van der Waals surface area contributed by atoms with E-state index in [9.17, 15) is 9.59 Å². The maximum Gasteiger partial charge on any atom is 0.293 e. The van der Waals surface area contributed by atoms with Crippen LogP contribution in [-0.2, 0) is 4.79 Å². The predicted molar refractivity (Wildman–Crippen MR) is 79.7 cm³/mol. The van der Waals surface area contributed by atoms with Crippen molar-refractivity contribution < 1.29 is 14.2 Å². The summed E-state index contributed by atoms with van der Waals surface area (Å²) in [4.78, 5) is 23.4. The zero-order chi connectivity index (χ0) is 15.4. The first kappa shape index (κ1) is 14.7. The van der Waals surface area contributed by atoms with E-state index in [1.807, 2.05) is 31.2 Å². The highest BCUT2D eigenvalue weighted by Crippen LogP contribution is 2.10. The van der Waals surface area contributed by atoms with Crippen LogP contribution in [0.1, 0.15) is 28.9 Å². The molecule has 0 aliphatic carbocycles. The Kier molecular flexibility index (Phi) is 4.33. The third-order valence-electron chi connectivity index (χ3n) is 3.25. The number of anilines is 1. The Bertz CT molecular complexity index is 665. The fourth-order valence-electron chi connectivity index (χ4n) is 1.90. The fraction of sp³-hybridized carbons (Fsp3) is 0.188. The van der Waals surface area contributed by atoms with Gasteiger partial charge in [-0.3, -0.25) is 9.59 Å². The minimum absolute atomic E-state index is 0.162. The highest BCUT2D eigenvalue weighted by atomic mass is 16.2. The molecule has 1 aromatic heterocycles. The van der Waals surface area contributed by atoms with E-state index in [4.69, 9.17) is 5.73 Å². The molecule has 1 aromatic carbocycles. The molecule has 2 amide bonds. The molecule has 21 heavy (non-hydrogen) atoms. The number of benzene rings is 1. The Morgan fingerprint density at radius 3 is 2.48 bits per heavy atom. The largest absolute Gasteiger partial charge is 0.365 e. The van der Waals surface area contributed by atoms with Gasteiger partial charge in [-0.25, -0.2) is 0 Å². The minimum atomic E-state index is -0.518. The number of primary amides is 1. The van der Waals surface area contributed by atoms with E-state index in [2.05, 4.69) is 5.32 Å². The van der Waals surface area contributed by atoms with Crippen LogP contribution in [0.5, 0.6) is 0 Å². The number of carbonyl (C=O) groups excluding carboxylic acids is 2. The molecule has 0 unspecified atom stereocenters. The number of nitrogens with zero attached hydrogens (tertiary/aromatic N) is 1. The molecule has 5 nitrogen and oxygen atoms in total. The quantitative estimate of drug-likeness (QED) is 0.836. The van der Waals surface area contributed by atoms with Crippen molar-refractivity contribution in [2.24, 2.45) is 5.73 Å². The molecule has 0 bridgehead atoms. The Morgan fingerprint density at radius 1 is 1.19 bits per heavy atom. The third-order valence-corrected chi connectivity index (χ3v) is 3.25. The van der Waals surface area contributed by atoms with Gasteiger partial charge in [-0.2, -0.15) is 4.57 Å². The lowest BCUT2D eigenvalue weighted by Crippen LogP contribution is -2.44. The average molecular weight is 284 g/mol. The molecule has 0 saturated carbocycles. The number of hydrogen-bond acceptors (Lipinski definition) is 2. The predicted octanol–water partition coefficient (Wildman–Crippen LogP) is 1.58. The standard InChI is InChI=1S/C16H17N3O2/c1-11-5-7-14(8-6-11)18-16(21)12(2)19-9-3-4-13(10-19)15(17)20/h3-10,12H,1-2H3,(H2-,17,18,20,21)/p+1/t12-/m1/s1. The highest BCUT2D eigenvalue weighted by molar-refractivity contribution is 5.93. The molecule has 0 fully saturated rings. The lowest BCUT2D eigenvalue weighted by Gasteiger charge is -2.09. The topological polar surface area (TPSA) is 76.1 Å². The smallest absolute Gasteiger partial charge is 0.293 e. The molecular formula is C16H18N3O2+. The van der Waals surface area contributed by atoms with Gasteiger partial charge < -0.3 is 11.1 Å². The molecule has 0 aliphatic rings. The first-order chi connectivity index (χ1) is 9.97. The normalized spacial score (nSPS) is 11.7. The first-order valence-electron chi connectivity index (χ1n) is 6.65. The minimum Gasteiger partial charge on any atom is -0.365 e. The fourth-order valence-corrected chi connectivity index (χ4v) is 1.90. The second kappa shape index (κ2) is 6.17. The molecule has 5 heteroatoms. The molecule has 0 aliphatic heterocycles. The summed E-state index contributed by atoms with van der Waals surface area (Å²) in [5, 5.41) is 2.84. The number of nitrogens with two attached hydrogens (primary N) is 1. The van der Waals surface area contributed by atoms with Crippen molar-refractivity contribution in [2.75, 3.05) is 5.32 Å². The summed E-state index contributed by atoms with van der Waals surface area (Å²) >= 11 is 0. The van der Waals surface area contributed by atoms with Gasteiger partial charge in [0.05, 0.1) is 0 Å². The number of aromatic nitrogens is 1. The van der Waals surface area contributed by atoms with Crippen molar-refractivity contribution in [3.05, 3.63) is 59.9 Å². The highest BCUT2D eigenvalue weighted by Gasteiger charge is 2.22. The van der Waals surface area contributed by atoms with E-state index in [1.165, 1.54) is 0 Å². The number of hydrogen-bond donors (Lipinski definition) is 2. The van der Waals surface area contributed by atoms with Crippen LogP contribution >= 0.6 is 0 Å². The molecule has 1 atom stereocenters. The lowest BCUT2D eigenvalue weighted by molar-refractivity contribution is -0.705. The van der Waals surface area contributed by atoms with Crippen molar-refractivity contribution in [3.8, 4) is 0 Å². The summed E-state index contributed by atoms with van der Waals surface area (Å²) in [6, 6.07) is 10.4. The second-order valence-electron chi connectivity index (χ2n) is 4.94. The first-order valence-corrected chi connectivity index (χ1v) is 6.65. The van der Waals surface area contributed by atoms with Gasteiger partial charge in [0.1, 0.15) is 5.56 Å². The third kappa shape index (κ3) is 3.66. The van der Waals surface area contributed by atoms with Crippen LogP contribution in [0, 0.1) is 6.92 Å². The Hall–Kier alpha value is -2.69. The van der Waals surface area contributed by atoms with Gasteiger partial charge in [0.25, 0.3) is 11.8 Å². The lowest BCUT2D eigenvalue weighted by atomic mass is 10.2. The van der Waals surface area contributed by atoms with Crippen molar-refractivity contribution >= 4 is 17.5 Å². The number of nitrogens with one attached hydrogen (secondary N) is 1. The molecule has 1 heterocycles. The van der Waals surface area contributed by atoms with Crippen LogP contribution in [0.15, 0.2) is 48.8 Å². The van der Waals surface area contributed by atoms with Gasteiger partial charge in [-0.1, -0.05) is 17.7 Å². The molecule has 2 aromatic rings. The van der Waals surface area contributed by atoms with Crippen LogP contribution in [0.25, 0.3) is 0 Å². The van der Waals surface area contributed by atoms with Gasteiger partial charge >= 0.3 is 0 Å². The van der Waals surface area contributed by atoms with Crippen LogP contribution in [-0.4, -0.2) is 11.8 Å². The zero-order valence-electron chi connectivity index (χ0n) is 12.0. The number of amides is 2. The van der Waals surface area contributed by atoms with Crippen LogP contribution in [0.3, 0.4) is 0 Å². The maximum absolute atomic E-state index is 12.2. The summed E-state index contributed by atoms with van der Waals surface area (Å²) < 4.78 is 1.66. The molecule has 3 N–H and O–H groups in total. The van der Waals surface area contributed by atoms with E-state index in [0.717, 1.165) is 11.3 Å².